The van der Waals surface area contributed by atoms with Gasteiger partial charge in [0.05, 0.1) is 11.3 Å². The molecule has 2 rings (SSSR count). The first-order valence-corrected chi connectivity index (χ1v) is 6.36. The Balaban J connectivity index is 2.30. The van der Waals surface area contributed by atoms with E-state index < -0.39 is 0 Å². The Hall–Kier alpha value is -1.32. The Labute approximate surface area is 102 Å². The van der Waals surface area contributed by atoms with E-state index in [-0.39, 0.29) is 5.91 Å². The van der Waals surface area contributed by atoms with E-state index in [0.29, 0.717) is 12.1 Å². The number of hydrogen-bond donors (Lipinski definition) is 1. The summed E-state index contributed by atoms with van der Waals surface area (Å²) in [5.41, 5.74) is 2.43. The van der Waals surface area contributed by atoms with Crippen LogP contribution in [-0.2, 0) is 0 Å². The number of carbonyl (C=O) groups is 1. The summed E-state index contributed by atoms with van der Waals surface area (Å²) in [6.45, 7) is 8.07. The summed E-state index contributed by atoms with van der Waals surface area (Å²) in [6.07, 6.45) is 3.42. The number of amides is 1. The summed E-state index contributed by atoms with van der Waals surface area (Å²) in [6, 6.07) is 0.667. The lowest BCUT2D eigenvalue weighted by Gasteiger charge is -2.39. The van der Waals surface area contributed by atoms with Gasteiger partial charge in [0, 0.05) is 17.8 Å². The molecule has 2 atom stereocenters. The van der Waals surface area contributed by atoms with Gasteiger partial charge in [-0.1, -0.05) is 0 Å². The van der Waals surface area contributed by atoms with E-state index in [1.165, 1.54) is 6.42 Å². The van der Waals surface area contributed by atoms with E-state index in [2.05, 4.69) is 24.0 Å². The zero-order valence-corrected chi connectivity index (χ0v) is 11.1. The van der Waals surface area contributed by atoms with Crippen molar-refractivity contribution in [2.45, 2.75) is 59.0 Å². The number of likely N-dealkylation sites (tertiary alicyclic amines) is 1. The van der Waals surface area contributed by atoms with Gasteiger partial charge in [0.2, 0.25) is 0 Å². The molecule has 94 valence electrons. The fourth-order valence-electron chi connectivity index (χ4n) is 2.82. The topological polar surface area (TPSA) is 49.0 Å². The molecule has 1 N–H and O–H groups in total. The summed E-state index contributed by atoms with van der Waals surface area (Å²) in [5.74, 6) is 0.133. The Morgan fingerprint density at radius 2 is 1.88 bits per heavy atom. The van der Waals surface area contributed by atoms with Gasteiger partial charge in [-0.15, -0.1) is 0 Å². The van der Waals surface area contributed by atoms with Gasteiger partial charge in [-0.3, -0.25) is 9.89 Å². The smallest absolute Gasteiger partial charge is 0.258 e. The first-order valence-electron chi connectivity index (χ1n) is 6.36. The standard InChI is InChI=1S/C13H21N3O/c1-8-6-5-7-9(2)16(8)13(17)12-10(3)14-15-11(12)4/h8-9H,5-7H2,1-4H3,(H,14,15). The Morgan fingerprint density at radius 3 is 2.35 bits per heavy atom. The summed E-state index contributed by atoms with van der Waals surface area (Å²) >= 11 is 0. The maximum atomic E-state index is 12.6. The number of aryl methyl sites for hydroxylation is 2. The first-order chi connectivity index (χ1) is 8.02. The second-order valence-corrected chi connectivity index (χ2v) is 5.15. The van der Waals surface area contributed by atoms with Crippen molar-refractivity contribution in [2.75, 3.05) is 0 Å². The summed E-state index contributed by atoms with van der Waals surface area (Å²) < 4.78 is 0. The van der Waals surface area contributed by atoms with Crippen LogP contribution in [0.4, 0.5) is 0 Å². The van der Waals surface area contributed by atoms with Gasteiger partial charge in [-0.25, -0.2) is 0 Å². The fraction of sp³-hybridized carbons (Fsp3) is 0.692. The number of carbonyl (C=O) groups excluding carboxylic acids is 1. The highest BCUT2D eigenvalue weighted by molar-refractivity contribution is 5.96. The number of aromatic amines is 1. The van der Waals surface area contributed by atoms with Crippen LogP contribution in [0.5, 0.6) is 0 Å². The molecule has 2 heterocycles. The van der Waals surface area contributed by atoms with Crippen molar-refractivity contribution in [3.63, 3.8) is 0 Å². The largest absolute Gasteiger partial charge is 0.333 e. The summed E-state index contributed by atoms with van der Waals surface area (Å²) in [4.78, 5) is 14.6. The molecule has 1 amide bonds. The molecule has 0 aliphatic carbocycles. The zero-order valence-electron chi connectivity index (χ0n) is 11.1. The van der Waals surface area contributed by atoms with Crippen LogP contribution in [0.2, 0.25) is 0 Å². The van der Waals surface area contributed by atoms with Crippen molar-refractivity contribution in [3.8, 4) is 0 Å². The van der Waals surface area contributed by atoms with Crippen LogP contribution >= 0.6 is 0 Å². The lowest BCUT2D eigenvalue weighted by molar-refractivity contribution is 0.0509. The Bertz CT molecular complexity index is 395. The van der Waals surface area contributed by atoms with Gasteiger partial charge in [0.25, 0.3) is 5.91 Å². The second kappa shape index (κ2) is 4.51. The average Bonchev–Trinajstić information content (AvgIpc) is 2.58. The van der Waals surface area contributed by atoms with Crippen LogP contribution < -0.4 is 0 Å². The lowest BCUT2D eigenvalue weighted by Crippen LogP contribution is -2.47. The molecule has 2 unspecified atom stereocenters. The summed E-state index contributed by atoms with van der Waals surface area (Å²) in [5, 5.41) is 7.00. The number of nitrogens with one attached hydrogen (secondary N) is 1. The molecule has 1 fully saturated rings. The Kier molecular flexibility index (Phi) is 3.22. The number of hydrogen-bond acceptors (Lipinski definition) is 2. The SMILES string of the molecule is Cc1n[nH]c(C)c1C(=O)N1C(C)CCCC1C. The molecule has 0 radical (unpaired) electrons. The number of piperidine rings is 1. The minimum Gasteiger partial charge on any atom is -0.333 e. The molecular formula is C13H21N3O. The van der Waals surface area contributed by atoms with Crippen molar-refractivity contribution in [1.29, 1.82) is 0 Å². The van der Waals surface area contributed by atoms with Crippen LogP contribution in [0.3, 0.4) is 0 Å². The molecule has 4 nitrogen and oxygen atoms in total. The van der Waals surface area contributed by atoms with Crippen molar-refractivity contribution < 1.29 is 4.79 Å². The Morgan fingerprint density at radius 1 is 1.29 bits per heavy atom. The molecule has 0 spiro atoms. The highest BCUT2D eigenvalue weighted by Crippen LogP contribution is 2.25. The number of rotatable bonds is 1. The number of H-pyrrole nitrogens is 1. The third-order valence-electron chi connectivity index (χ3n) is 3.77. The van der Waals surface area contributed by atoms with E-state index in [0.717, 1.165) is 29.8 Å². The van der Waals surface area contributed by atoms with Crippen molar-refractivity contribution >= 4 is 5.91 Å². The zero-order chi connectivity index (χ0) is 12.6. The van der Waals surface area contributed by atoms with Crippen LogP contribution in [-0.4, -0.2) is 33.1 Å². The molecule has 1 aromatic heterocycles. The maximum absolute atomic E-state index is 12.6. The molecule has 1 aliphatic rings. The van der Waals surface area contributed by atoms with E-state index in [9.17, 15) is 4.79 Å². The highest BCUT2D eigenvalue weighted by Gasteiger charge is 2.31. The molecule has 0 bridgehead atoms. The van der Waals surface area contributed by atoms with Crippen LogP contribution in [0.15, 0.2) is 0 Å². The first kappa shape index (κ1) is 12.1. The van der Waals surface area contributed by atoms with Gasteiger partial charge in [0.15, 0.2) is 0 Å². The molecule has 0 aromatic carbocycles. The quantitative estimate of drug-likeness (QED) is 0.812. The molecule has 0 saturated carbocycles. The average molecular weight is 235 g/mol. The molecule has 1 aliphatic heterocycles. The minimum absolute atomic E-state index is 0.133. The van der Waals surface area contributed by atoms with Crippen LogP contribution in [0, 0.1) is 13.8 Å². The molecule has 17 heavy (non-hydrogen) atoms. The summed E-state index contributed by atoms with van der Waals surface area (Å²) in [7, 11) is 0. The second-order valence-electron chi connectivity index (χ2n) is 5.15. The van der Waals surface area contributed by atoms with Gasteiger partial charge < -0.3 is 4.90 Å². The monoisotopic (exact) mass is 235 g/mol. The van der Waals surface area contributed by atoms with E-state index in [1.54, 1.807) is 0 Å². The van der Waals surface area contributed by atoms with Crippen molar-refractivity contribution in [1.82, 2.24) is 15.1 Å². The third kappa shape index (κ3) is 2.08. The number of aromatic nitrogens is 2. The van der Waals surface area contributed by atoms with Gasteiger partial charge in [0.1, 0.15) is 0 Å². The van der Waals surface area contributed by atoms with Gasteiger partial charge >= 0.3 is 0 Å². The van der Waals surface area contributed by atoms with Crippen molar-refractivity contribution in [2.24, 2.45) is 0 Å². The molecule has 1 aromatic rings. The van der Waals surface area contributed by atoms with Crippen LogP contribution in [0.1, 0.15) is 54.9 Å². The van der Waals surface area contributed by atoms with E-state index in [1.807, 2.05) is 18.7 Å². The fourth-order valence-corrected chi connectivity index (χ4v) is 2.82. The van der Waals surface area contributed by atoms with E-state index in [4.69, 9.17) is 0 Å². The highest BCUT2D eigenvalue weighted by atomic mass is 16.2. The number of nitrogens with zero attached hydrogens (tertiary/aromatic N) is 2. The predicted octanol–water partition coefficient (Wildman–Crippen LogP) is 2.43. The third-order valence-corrected chi connectivity index (χ3v) is 3.77. The van der Waals surface area contributed by atoms with Crippen molar-refractivity contribution in [3.05, 3.63) is 17.0 Å². The predicted molar refractivity (Wildman–Crippen MR) is 67.0 cm³/mol. The maximum Gasteiger partial charge on any atom is 0.258 e. The molecule has 1 saturated heterocycles. The molecular weight excluding hydrogens is 214 g/mol. The van der Waals surface area contributed by atoms with Gasteiger partial charge in [-0.2, -0.15) is 5.10 Å². The normalized spacial score (nSPS) is 25.1. The van der Waals surface area contributed by atoms with E-state index >= 15 is 0 Å². The molecule has 4 heteroatoms. The van der Waals surface area contributed by atoms with Crippen LogP contribution in [0.25, 0.3) is 0 Å². The lowest BCUT2D eigenvalue weighted by atomic mass is 9.96. The van der Waals surface area contributed by atoms with Gasteiger partial charge in [-0.05, 0) is 47.0 Å². The minimum atomic E-state index is 0.133.